The first-order valence-corrected chi connectivity index (χ1v) is 8.34. The van der Waals surface area contributed by atoms with Crippen LogP contribution in [0.25, 0.3) is 10.8 Å². The van der Waals surface area contributed by atoms with E-state index >= 15 is 0 Å². The Labute approximate surface area is 142 Å². The fourth-order valence-electron chi connectivity index (χ4n) is 2.01. The molecular weight excluding hydrogens is 334 g/mol. The van der Waals surface area contributed by atoms with Crippen LogP contribution < -0.4 is 5.32 Å². The fourth-order valence-corrected chi connectivity index (χ4v) is 2.78. The fraction of sp³-hybridized carbons (Fsp3) is 0.188. The van der Waals surface area contributed by atoms with Crippen molar-refractivity contribution < 1.29 is 9.21 Å². The maximum atomic E-state index is 11.9. The average Bonchev–Trinajstić information content (AvgIpc) is 3.20. The van der Waals surface area contributed by atoms with E-state index in [1.54, 1.807) is 23.5 Å². The minimum Gasteiger partial charge on any atom is -0.420 e. The van der Waals surface area contributed by atoms with Crippen molar-refractivity contribution in [3.8, 4) is 10.8 Å². The van der Waals surface area contributed by atoms with E-state index in [0.29, 0.717) is 36.2 Å². The van der Waals surface area contributed by atoms with Crippen LogP contribution in [0.1, 0.15) is 11.5 Å². The molecule has 23 heavy (non-hydrogen) atoms. The number of hydrogen-bond acceptors (Lipinski definition) is 5. The molecule has 5 nitrogen and oxygen atoms in total. The van der Waals surface area contributed by atoms with E-state index in [9.17, 15) is 4.79 Å². The van der Waals surface area contributed by atoms with Gasteiger partial charge in [0.1, 0.15) is 0 Å². The Bertz CT molecular complexity index is 769. The van der Waals surface area contributed by atoms with E-state index in [2.05, 4.69) is 15.5 Å². The van der Waals surface area contributed by atoms with Gasteiger partial charge in [0.05, 0.1) is 11.3 Å². The summed E-state index contributed by atoms with van der Waals surface area (Å²) in [5.74, 6) is 0.980. The maximum absolute atomic E-state index is 11.9. The molecule has 0 radical (unpaired) electrons. The quantitative estimate of drug-likeness (QED) is 0.742. The topological polar surface area (TPSA) is 68.0 Å². The lowest BCUT2D eigenvalue weighted by Gasteiger charge is -2.03. The van der Waals surface area contributed by atoms with Gasteiger partial charge >= 0.3 is 0 Å². The Balaban J connectivity index is 1.46. The van der Waals surface area contributed by atoms with Crippen LogP contribution in [0.2, 0.25) is 5.02 Å². The molecule has 0 aliphatic heterocycles. The molecule has 0 spiro atoms. The highest BCUT2D eigenvalue weighted by Crippen LogP contribution is 2.22. The second-order valence-electron chi connectivity index (χ2n) is 4.88. The van der Waals surface area contributed by atoms with Gasteiger partial charge in [0, 0.05) is 18.0 Å². The van der Waals surface area contributed by atoms with E-state index < -0.39 is 0 Å². The van der Waals surface area contributed by atoms with Crippen molar-refractivity contribution in [3.63, 3.8) is 0 Å². The van der Waals surface area contributed by atoms with Crippen LogP contribution in [0.5, 0.6) is 0 Å². The first-order valence-electron chi connectivity index (χ1n) is 7.08. The summed E-state index contributed by atoms with van der Waals surface area (Å²) >= 11 is 7.36. The van der Waals surface area contributed by atoms with Crippen LogP contribution >= 0.6 is 22.9 Å². The Kier molecular flexibility index (Phi) is 5.05. The molecule has 0 saturated heterocycles. The summed E-state index contributed by atoms with van der Waals surface area (Å²) in [7, 11) is 0. The van der Waals surface area contributed by atoms with Crippen molar-refractivity contribution in [2.75, 3.05) is 6.54 Å². The molecule has 0 aliphatic carbocycles. The van der Waals surface area contributed by atoms with Crippen LogP contribution in [0, 0.1) is 0 Å². The Hall–Kier alpha value is -2.18. The third-order valence-electron chi connectivity index (χ3n) is 3.14. The van der Waals surface area contributed by atoms with Gasteiger partial charge < -0.3 is 9.73 Å². The number of carbonyl (C=O) groups excluding carboxylic acids is 1. The number of benzene rings is 1. The van der Waals surface area contributed by atoms with Crippen LogP contribution in [-0.4, -0.2) is 22.6 Å². The predicted molar refractivity (Wildman–Crippen MR) is 89.5 cm³/mol. The van der Waals surface area contributed by atoms with E-state index in [1.165, 1.54) is 0 Å². The molecule has 1 amide bonds. The lowest BCUT2D eigenvalue weighted by atomic mass is 10.1. The summed E-state index contributed by atoms with van der Waals surface area (Å²) < 4.78 is 5.56. The predicted octanol–water partition coefficient (Wildman–Crippen LogP) is 3.35. The van der Waals surface area contributed by atoms with E-state index in [-0.39, 0.29) is 5.91 Å². The second-order valence-corrected chi connectivity index (χ2v) is 6.27. The highest BCUT2D eigenvalue weighted by atomic mass is 35.5. The number of hydrogen-bond donors (Lipinski definition) is 1. The SMILES string of the molecule is O=C(Cc1ccc(Cl)cc1)NCCc1nnc(-c2cccs2)o1. The monoisotopic (exact) mass is 347 g/mol. The van der Waals surface area contributed by atoms with Crippen molar-refractivity contribution in [1.29, 1.82) is 0 Å². The van der Waals surface area contributed by atoms with Crippen LogP contribution in [0.15, 0.2) is 46.2 Å². The molecule has 0 aliphatic rings. The zero-order valence-electron chi connectivity index (χ0n) is 12.2. The van der Waals surface area contributed by atoms with Crippen molar-refractivity contribution in [1.82, 2.24) is 15.5 Å². The Morgan fingerprint density at radius 1 is 1.22 bits per heavy atom. The molecule has 7 heteroatoms. The molecule has 0 saturated carbocycles. The highest BCUT2D eigenvalue weighted by Gasteiger charge is 2.10. The molecule has 0 atom stereocenters. The van der Waals surface area contributed by atoms with Gasteiger partial charge in [-0.05, 0) is 29.1 Å². The number of amides is 1. The van der Waals surface area contributed by atoms with Crippen LogP contribution in [0.4, 0.5) is 0 Å². The van der Waals surface area contributed by atoms with Gasteiger partial charge in [-0.15, -0.1) is 21.5 Å². The maximum Gasteiger partial charge on any atom is 0.257 e. The largest absolute Gasteiger partial charge is 0.420 e. The standard InChI is InChI=1S/C16H14ClN3O2S/c17-12-5-3-11(4-6-12)10-14(21)18-8-7-15-19-20-16(22-15)13-2-1-9-23-13/h1-6,9H,7-8,10H2,(H,18,21). The molecule has 0 unspecified atom stereocenters. The average molecular weight is 348 g/mol. The lowest BCUT2D eigenvalue weighted by Crippen LogP contribution is -2.27. The van der Waals surface area contributed by atoms with Gasteiger partial charge in [-0.25, -0.2) is 0 Å². The molecule has 0 bridgehead atoms. The Morgan fingerprint density at radius 3 is 2.78 bits per heavy atom. The zero-order valence-corrected chi connectivity index (χ0v) is 13.7. The molecule has 3 aromatic rings. The molecule has 118 valence electrons. The summed E-state index contributed by atoms with van der Waals surface area (Å²) in [6, 6.07) is 11.1. The van der Waals surface area contributed by atoms with E-state index in [0.717, 1.165) is 10.4 Å². The van der Waals surface area contributed by atoms with E-state index in [1.807, 2.05) is 29.6 Å². The van der Waals surface area contributed by atoms with Crippen molar-refractivity contribution >= 4 is 28.8 Å². The van der Waals surface area contributed by atoms with Crippen LogP contribution in [0.3, 0.4) is 0 Å². The summed E-state index contributed by atoms with van der Waals surface area (Å²) in [4.78, 5) is 12.8. The van der Waals surface area contributed by atoms with E-state index in [4.69, 9.17) is 16.0 Å². The summed E-state index contributed by atoms with van der Waals surface area (Å²) in [6.07, 6.45) is 0.826. The molecular formula is C16H14ClN3O2S. The summed E-state index contributed by atoms with van der Waals surface area (Å²) in [6.45, 7) is 0.457. The summed E-state index contributed by atoms with van der Waals surface area (Å²) in [5, 5.41) is 13.4. The van der Waals surface area contributed by atoms with Gasteiger partial charge in [0.2, 0.25) is 11.8 Å². The molecule has 2 heterocycles. The van der Waals surface area contributed by atoms with Gasteiger partial charge in [-0.3, -0.25) is 4.79 Å². The first kappa shape index (κ1) is 15.7. The lowest BCUT2D eigenvalue weighted by molar-refractivity contribution is -0.120. The van der Waals surface area contributed by atoms with Crippen molar-refractivity contribution in [2.24, 2.45) is 0 Å². The third-order valence-corrected chi connectivity index (χ3v) is 4.25. The number of carbonyl (C=O) groups is 1. The number of nitrogens with one attached hydrogen (secondary N) is 1. The van der Waals surface area contributed by atoms with Crippen molar-refractivity contribution in [3.05, 3.63) is 58.3 Å². The Morgan fingerprint density at radius 2 is 2.04 bits per heavy atom. The molecule has 1 N–H and O–H groups in total. The van der Waals surface area contributed by atoms with Crippen molar-refractivity contribution in [2.45, 2.75) is 12.8 Å². The molecule has 3 rings (SSSR count). The first-order chi connectivity index (χ1) is 11.2. The smallest absolute Gasteiger partial charge is 0.257 e. The molecule has 1 aromatic carbocycles. The van der Waals surface area contributed by atoms with Gasteiger partial charge in [0.25, 0.3) is 5.89 Å². The molecule has 2 aromatic heterocycles. The highest BCUT2D eigenvalue weighted by molar-refractivity contribution is 7.13. The second kappa shape index (κ2) is 7.39. The third kappa shape index (κ3) is 4.40. The van der Waals surface area contributed by atoms with Gasteiger partial charge in [0.15, 0.2) is 0 Å². The minimum atomic E-state index is -0.0506. The van der Waals surface area contributed by atoms with Gasteiger partial charge in [-0.1, -0.05) is 29.8 Å². The number of halogens is 1. The van der Waals surface area contributed by atoms with Crippen LogP contribution in [-0.2, 0) is 17.6 Å². The number of nitrogens with zero attached hydrogens (tertiary/aromatic N) is 2. The zero-order chi connectivity index (χ0) is 16.1. The summed E-state index contributed by atoms with van der Waals surface area (Å²) in [5.41, 5.74) is 0.921. The normalized spacial score (nSPS) is 10.7. The minimum absolute atomic E-state index is 0.0506. The number of rotatable bonds is 6. The molecule has 0 fully saturated rings. The number of thiophene rings is 1. The van der Waals surface area contributed by atoms with Gasteiger partial charge in [-0.2, -0.15) is 0 Å². The number of aromatic nitrogens is 2.